The molecule has 4 aromatic rings. The van der Waals surface area contributed by atoms with Crippen LogP contribution in [-0.2, 0) is 0 Å². The fourth-order valence-electron chi connectivity index (χ4n) is 3.66. The lowest BCUT2D eigenvalue weighted by Crippen LogP contribution is -2.19. The van der Waals surface area contributed by atoms with Gasteiger partial charge in [-0.2, -0.15) is 10.2 Å². The van der Waals surface area contributed by atoms with Crippen LogP contribution in [-0.4, -0.2) is 36.0 Å². The number of carbonyl (C=O) groups is 2. The van der Waals surface area contributed by atoms with Crippen molar-refractivity contribution in [1.29, 1.82) is 5.26 Å². The van der Waals surface area contributed by atoms with Gasteiger partial charge in [0.15, 0.2) is 0 Å². The molecule has 0 atom stereocenters. The summed E-state index contributed by atoms with van der Waals surface area (Å²) in [6.07, 6.45) is 1.65. The Bertz CT molecular complexity index is 1510. The molecule has 1 aromatic heterocycles. The van der Waals surface area contributed by atoms with Gasteiger partial charge in [-0.3, -0.25) is 4.79 Å². The van der Waals surface area contributed by atoms with Crippen LogP contribution in [0.25, 0.3) is 0 Å². The molecule has 0 radical (unpaired) electrons. The van der Waals surface area contributed by atoms with Crippen LogP contribution in [0.1, 0.15) is 21.5 Å². The van der Waals surface area contributed by atoms with Crippen LogP contribution in [0.15, 0.2) is 79.0 Å². The van der Waals surface area contributed by atoms with E-state index in [2.05, 4.69) is 31.2 Å². The summed E-state index contributed by atoms with van der Waals surface area (Å²) >= 11 is 0. The highest BCUT2D eigenvalue weighted by Gasteiger charge is 2.11. The van der Waals surface area contributed by atoms with E-state index in [9.17, 15) is 9.59 Å². The standard InChI is InChI=1S/C28H26N8O2/c1-18-7-8-22(16-24(18)26(37)30-2)32-27-31-14-13-25(35-27)36(3)23-11-9-20(10-12-23)33-28(38)34-21-6-4-5-19(15-21)17-29/h4-16H,1-3H3,(H,30,37)(H,31,32,35)(H2,33,34,38). The first-order valence-electron chi connectivity index (χ1n) is 11.7. The number of urea groups is 1. The predicted molar refractivity (Wildman–Crippen MR) is 148 cm³/mol. The zero-order chi connectivity index (χ0) is 27.1. The zero-order valence-corrected chi connectivity index (χ0v) is 21.1. The first kappa shape index (κ1) is 25.7. The molecule has 0 bridgehead atoms. The molecule has 38 heavy (non-hydrogen) atoms. The van der Waals surface area contributed by atoms with Gasteiger partial charge in [0.05, 0.1) is 11.6 Å². The molecule has 3 amide bonds. The van der Waals surface area contributed by atoms with Gasteiger partial charge in [0.25, 0.3) is 5.91 Å². The van der Waals surface area contributed by atoms with Gasteiger partial charge in [-0.05, 0) is 73.2 Å². The fraction of sp³-hybridized carbons (Fsp3) is 0.107. The van der Waals surface area contributed by atoms with E-state index in [-0.39, 0.29) is 5.91 Å². The number of hydrogen-bond acceptors (Lipinski definition) is 7. The Labute approximate surface area is 220 Å². The highest BCUT2D eigenvalue weighted by atomic mass is 16.2. The highest BCUT2D eigenvalue weighted by molar-refractivity contribution is 6.00. The topological polar surface area (TPSA) is 135 Å². The molecule has 4 N–H and O–H groups in total. The highest BCUT2D eigenvalue weighted by Crippen LogP contribution is 2.25. The molecule has 1 heterocycles. The summed E-state index contributed by atoms with van der Waals surface area (Å²) in [5.74, 6) is 0.873. The van der Waals surface area contributed by atoms with Gasteiger partial charge in [0.1, 0.15) is 5.82 Å². The van der Waals surface area contributed by atoms with Gasteiger partial charge < -0.3 is 26.2 Å². The van der Waals surface area contributed by atoms with Crippen LogP contribution in [0, 0.1) is 18.3 Å². The summed E-state index contributed by atoms with van der Waals surface area (Å²) in [6.45, 7) is 1.88. The average molecular weight is 507 g/mol. The third-order valence-electron chi connectivity index (χ3n) is 5.71. The molecule has 0 fully saturated rings. The number of carbonyl (C=O) groups excluding carboxylic acids is 2. The number of nitrogens with one attached hydrogen (secondary N) is 4. The smallest absolute Gasteiger partial charge is 0.323 e. The molecule has 0 aliphatic carbocycles. The largest absolute Gasteiger partial charge is 0.355 e. The molecule has 4 rings (SSSR count). The molecule has 0 saturated carbocycles. The van der Waals surface area contributed by atoms with Crippen molar-refractivity contribution in [2.75, 3.05) is 34.9 Å². The van der Waals surface area contributed by atoms with Crippen molar-refractivity contribution in [2.24, 2.45) is 0 Å². The monoisotopic (exact) mass is 506 g/mol. The summed E-state index contributed by atoms with van der Waals surface area (Å²) in [5, 5.41) is 20.3. The number of aryl methyl sites for hydroxylation is 1. The first-order valence-corrected chi connectivity index (χ1v) is 11.7. The van der Waals surface area contributed by atoms with Crippen molar-refractivity contribution in [1.82, 2.24) is 15.3 Å². The lowest BCUT2D eigenvalue weighted by atomic mass is 10.1. The number of rotatable bonds is 7. The maximum atomic E-state index is 12.3. The predicted octanol–water partition coefficient (Wildman–Crippen LogP) is 5.17. The summed E-state index contributed by atoms with van der Waals surface area (Å²) in [5.41, 5.74) is 4.58. The Kier molecular flexibility index (Phi) is 7.79. The summed E-state index contributed by atoms with van der Waals surface area (Å²) in [4.78, 5) is 35.2. The Balaban J connectivity index is 1.42. The molecule has 0 unspecified atom stereocenters. The molecule has 10 heteroatoms. The molecule has 3 aromatic carbocycles. The van der Waals surface area contributed by atoms with Crippen LogP contribution >= 0.6 is 0 Å². The van der Waals surface area contributed by atoms with Gasteiger partial charge in [0, 0.05) is 48.6 Å². The van der Waals surface area contributed by atoms with Gasteiger partial charge in [-0.15, -0.1) is 0 Å². The number of amides is 3. The number of benzene rings is 3. The minimum Gasteiger partial charge on any atom is -0.355 e. The Morgan fingerprint density at radius 3 is 2.39 bits per heavy atom. The van der Waals surface area contributed by atoms with Crippen molar-refractivity contribution in [3.63, 3.8) is 0 Å². The third kappa shape index (κ3) is 6.22. The lowest BCUT2D eigenvalue weighted by molar-refractivity contribution is 0.0962. The van der Waals surface area contributed by atoms with Crippen molar-refractivity contribution in [3.8, 4) is 6.07 Å². The minimum absolute atomic E-state index is 0.163. The van der Waals surface area contributed by atoms with Crippen LogP contribution in [0.4, 0.5) is 39.3 Å². The van der Waals surface area contributed by atoms with E-state index in [0.29, 0.717) is 40.0 Å². The molecule has 0 spiro atoms. The van der Waals surface area contributed by atoms with Gasteiger partial charge in [-0.25, -0.2) is 9.78 Å². The van der Waals surface area contributed by atoms with Crippen LogP contribution in [0.5, 0.6) is 0 Å². The fourth-order valence-corrected chi connectivity index (χ4v) is 3.66. The van der Waals surface area contributed by atoms with E-state index in [1.54, 1.807) is 61.8 Å². The Morgan fingerprint density at radius 1 is 0.921 bits per heavy atom. The Hall–Kier alpha value is -5.43. The summed E-state index contributed by atoms with van der Waals surface area (Å²) < 4.78 is 0. The van der Waals surface area contributed by atoms with Crippen LogP contribution < -0.4 is 26.2 Å². The molecule has 10 nitrogen and oxygen atoms in total. The van der Waals surface area contributed by atoms with Crippen LogP contribution in [0.2, 0.25) is 0 Å². The molecule has 190 valence electrons. The van der Waals surface area contributed by atoms with Crippen LogP contribution in [0.3, 0.4) is 0 Å². The second-order valence-electron chi connectivity index (χ2n) is 8.35. The quantitative estimate of drug-likeness (QED) is 0.271. The third-order valence-corrected chi connectivity index (χ3v) is 5.71. The molecular weight excluding hydrogens is 480 g/mol. The number of nitriles is 1. The molecular formula is C28H26N8O2. The van der Waals surface area contributed by atoms with Crippen molar-refractivity contribution in [3.05, 3.63) is 95.7 Å². The number of aromatic nitrogens is 2. The normalized spacial score (nSPS) is 10.2. The SMILES string of the molecule is CNC(=O)c1cc(Nc2nccc(N(C)c3ccc(NC(=O)Nc4cccc(C#N)c4)cc3)n2)ccc1C. The number of anilines is 6. The van der Waals surface area contributed by atoms with E-state index in [1.165, 1.54) is 0 Å². The maximum Gasteiger partial charge on any atom is 0.323 e. The van der Waals surface area contributed by atoms with Crippen molar-refractivity contribution >= 4 is 46.5 Å². The van der Waals surface area contributed by atoms with E-state index in [1.807, 2.05) is 49.2 Å². The minimum atomic E-state index is -0.414. The zero-order valence-electron chi connectivity index (χ0n) is 21.1. The Morgan fingerprint density at radius 2 is 1.66 bits per heavy atom. The van der Waals surface area contributed by atoms with E-state index in [0.717, 1.165) is 11.3 Å². The molecule has 0 aliphatic heterocycles. The van der Waals surface area contributed by atoms with Crippen molar-refractivity contribution < 1.29 is 9.59 Å². The van der Waals surface area contributed by atoms with E-state index in [4.69, 9.17) is 5.26 Å². The van der Waals surface area contributed by atoms with Gasteiger partial charge in [-0.1, -0.05) is 12.1 Å². The van der Waals surface area contributed by atoms with Gasteiger partial charge >= 0.3 is 6.03 Å². The molecule has 0 saturated heterocycles. The number of nitrogens with zero attached hydrogens (tertiary/aromatic N) is 4. The first-order chi connectivity index (χ1) is 18.4. The second-order valence-corrected chi connectivity index (χ2v) is 8.35. The van der Waals surface area contributed by atoms with Crippen molar-refractivity contribution in [2.45, 2.75) is 6.92 Å². The van der Waals surface area contributed by atoms with Gasteiger partial charge in [0.2, 0.25) is 5.95 Å². The van der Waals surface area contributed by atoms with E-state index < -0.39 is 6.03 Å². The average Bonchev–Trinajstić information content (AvgIpc) is 2.94. The second kappa shape index (κ2) is 11.5. The summed E-state index contributed by atoms with van der Waals surface area (Å²) in [7, 11) is 3.47. The maximum absolute atomic E-state index is 12.3. The molecule has 0 aliphatic rings. The summed E-state index contributed by atoms with van der Waals surface area (Å²) in [6, 6.07) is 22.9. The number of hydrogen-bond donors (Lipinski definition) is 4. The lowest BCUT2D eigenvalue weighted by Gasteiger charge is -2.19. The van der Waals surface area contributed by atoms with E-state index >= 15 is 0 Å².